The number of amides is 1. The highest BCUT2D eigenvalue weighted by molar-refractivity contribution is 5.92. The first-order chi connectivity index (χ1) is 11.1. The average Bonchev–Trinajstić information content (AvgIpc) is 2.54. The molecule has 0 heterocycles. The lowest BCUT2D eigenvalue weighted by Crippen LogP contribution is -2.16. The quantitative estimate of drug-likeness (QED) is 0.819. The van der Waals surface area contributed by atoms with Gasteiger partial charge >= 0.3 is 0 Å². The number of carbonyl (C=O) groups excluding carboxylic acids is 1. The smallest absolute Gasteiger partial charge is 0.227 e. The highest BCUT2D eigenvalue weighted by atomic mass is 19.1. The van der Waals surface area contributed by atoms with Crippen LogP contribution in [-0.4, -0.2) is 17.6 Å². The van der Waals surface area contributed by atoms with Gasteiger partial charge in [-0.3, -0.25) is 4.79 Å². The van der Waals surface area contributed by atoms with E-state index in [0.29, 0.717) is 23.6 Å². The monoisotopic (exact) mass is 317 g/mol. The van der Waals surface area contributed by atoms with Crippen LogP contribution in [0, 0.1) is 5.82 Å². The van der Waals surface area contributed by atoms with Crippen molar-refractivity contribution in [1.82, 2.24) is 0 Å². The highest BCUT2D eigenvalue weighted by Gasteiger charge is 2.15. The minimum Gasteiger partial charge on any atom is -0.491 e. The lowest BCUT2D eigenvalue weighted by atomic mass is 10.1. The Morgan fingerprint density at radius 3 is 2.78 bits per heavy atom. The van der Waals surface area contributed by atoms with E-state index in [0.717, 1.165) is 6.42 Å². The van der Waals surface area contributed by atoms with Crippen LogP contribution in [0.3, 0.4) is 0 Å². The van der Waals surface area contributed by atoms with E-state index in [4.69, 9.17) is 4.74 Å². The van der Waals surface area contributed by atoms with Gasteiger partial charge in [0.15, 0.2) is 0 Å². The first-order valence-electron chi connectivity index (χ1n) is 7.55. The summed E-state index contributed by atoms with van der Waals surface area (Å²) in [7, 11) is 0. The van der Waals surface area contributed by atoms with Gasteiger partial charge in [0.25, 0.3) is 0 Å². The summed E-state index contributed by atoms with van der Waals surface area (Å²) in [5.41, 5.74) is 0.924. The number of benzene rings is 2. The molecule has 0 saturated carbocycles. The number of ether oxygens (including phenoxy) is 1. The molecule has 1 amide bonds. The molecule has 0 radical (unpaired) electrons. The number of carbonyl (C=O) groups is 1. The molecule has 0 spiro atoms. The molecule has 0 fully saturated rings. The molecule has 0 aromatic heterocycles. The summed E-state index contributed by atoms with van der Waals surface area (Å²) in [5, 5.41) is 12.8. The fourth-order valence-electron chi connectivity index (χ4n) is 2.12. The van der Waals surface area contributed by atoms with E-state index < -0.39 is 11.9 Å². The zero-order valence-corrected chi connectivity index (χ0v) is 13.0. The maximum absolute atomic E-state index is 13.2. The molecule has 0 aliphatic carbocycles. The summed E-state index contributed by atoms with van der Waals surface area (Å²) in [4.78, 5) is 12.1. The van der Waals surface area contributed by atoms with Crippen molar-refractivity contribution >= 4 is 11.6 Å². The normalized spacial score (nSPS) is 11.8. The van der Waals surface area contributed by atoms with E-state index in [9.17, 15) is 14.3 Å². The summed E-state index contributed by atoms with van der Waals surface area (Å²) in [6, 6.07) is 12.7. The van der Waals surface area contributed by atoms with Gasteiger partial charge in [-0.1, -0.05) is 31.2 Å². The zero-order valence-electron chi connectivity index (χ0n) is 13.0. The molecule has 0 aliphatic rings. The maximum atomic E-state index is 13.2. The van der Waals surface area contributed by atoms with Crippen LogP contribution in [0.4, 0.5) is 10.1 Å². The van der Waals surface area contributed by atoms with Crippen LogP contribution in [0.1, 0.15) is 31.4 Å². The average molecular weight is 317 g/mol. The summed E-state index contributed by atoms with van der Waals surface area (Å²) < 4.78 is 18.7. The third-order valence-corrected chi connectivity index (χ3v) is 3.24. The summed E-state index contributed by atoms with van der Waals surface area (Å²) in [5.74, 6) is -0.225. The molecule has 0 saturated heterocycles. The molecule has 2 aromatic carbocycles. The van der Waals surface area contributed by atoms with Crippen LogP contribution in [0.25, 0.3) is 0 Å². The topological polar surface area (TPSA) is 58.6 Å². The van der Waals surface area contributed by atoms with Crippen molar-refractivity contribution in [2.24, 2.45) is 0 Å². The second kappa shape index (κ2) is 8.29. The first-order valence-corrected chi connectivity index (χ1v) is 7.55. The molecular weight excluding hydrogens is 297 g/mol. The van der Waals surface area contributed by atoms with Crippen LogP contribution < -0.4 is 10.1 Å². The molecule has 2 aromatic rings. The van der Waals surface area contributed by atoms with E-state index in [-0.39, 0.29) is 12.3 Å². The largest absolute Gasteiger partial charge is 0.491 e. The fraction of sp³-hybridized carbons (Fsp3) is 0.278. The predicted octanol–water partition coefficient (Wildman–Crippen LogP) is 3.68. The van der Waals surface area contributed by atoms with Gasteiger partial charge in [0.1, 0.15) is 11.6 Å². The first kappa shape index (κ1) is 17.0. The maximum Gasteiger partial charge on any atom is 0.227 e. The van der Waals surface area contributed by atoms with Crippen LogP contribution >= 0.6 is 0 Å². The molecule has 2 rings (SSSR count). The number of rotatable bonds is 7. The number of aliphatic hydroxyl groups excluding tert-OH is 1. The molecule has 5 heteroatoms. The number of nitrogens with one attached hydrogen (secondary N) is 1. The Kier molecular flexibility index (Phi) is 6.11. The summed E-state index contributed by atoms with van der Waals surface area (Å²) in [6.45, 7) is 2.55. The van der Waals surface area contributed by atoms with E-state index >= 15 is 0 Å². The summed E-state index contributed by atoms with van der Waals surface area (Å²) in [6.07, 6.45) is -0.360. The molecular formula is C18H20FNO3. The van der Waals surface area contributed by atoms with Crippen LogP contribution in [0.5, 0.6) is 5.75 Å². The highest BCUT2D eigenvalue weighted by Crippen LogP contribution is 2.25. The molecule has 4 nitrogen and oxygen atoms in total. The van der Waals surface area contributed by atoms with Crippen molar-refractivity contribution in [1.29, 1.82) is 0 Å². The third kappa shape index (κ3) is 5.07. The predicted molar refractivity (Wildman–Crippen MR) is 86.8 cm³/mol. The zero-order chi connectivity index (χ0) is 16.7. The molecule has 23 heavy (non-hydrogen) atoms. The lowest BCUT2D eigenvalue weighted by molar-refractivity contribution is -0.118. The van der Waals surface area contributed by atoms with Crippen molar-refractivity contribution in [2.45, 2.75) is 25.9 Å². The van der Waals surface area contributed by atoms with Crippen molar-refractivity contribution in [3.05, 3.63) is 59.9 Å². The Morgan fingerprint density at radius 2 is 2.04 bits per heavy atom. The number of anilines is 1. The number of hydrogen-bond acceptors (Lipinski definition) is 3. The number of halogens is 1. The minimum absolute atomic E-state index is 0.161. The van der Waals surface area contributed by atoms with E-state index in [1.807, 2.05) is 13.0 Å². The molecule has 2 N–H and O–H groups in total. The lowest BCUT2D eigenvalue weighted by Gasteiger charge is -2.14. The number of hydrogen-bond donors (Lipinski definition) is 2. The Balaban J connectivity index is 1.99. The number of aliphatic hydroxyl groups is 1. The van der Waals surface area contributed by atoms with Gasteiger partial charge in [-0.15, -0.1) is 0 Å². The van der Waals surface area contributed by atoms with Crippen molar-refractivity contribution in [3.63, 3.8) is 0 Å². The standard InChI is InChI=1S/C18H20FNO3/c1-2-10-23-17-9-4-3-8-15(17)20-18(22)12-16(21)13-6-5-7-14(19)11-13/h3-9,11,16,21H,2,10,12H2,1H3,(H,20,22). The van der Waals surface area contributed by atoms with Gasteiger partial charge in [-0.05, 0) is 36.2 Å². The number of para-hydroxylation sites is 2. The fourth-order valence-corrected chi connectivity index (χ4v) is 2.12. The van der Waals surface area contributed by atoms with Gasteiger partial charge in [0, 0.05) is 0 Å². The second-order valence-electron chi connectivity index (χ2n) is 5.17. The second-order valence-corrected chi connectivity index (χ2v) is 5.17. The molecule has 0 aliphatic heterocycles. The molecule has 1 atom stereocenters. The van der Waals surface area contributed by atoms with Crippen LogP contribution in [0.15, 0.2) is 48.5 Å². The molecule has 122 valence electrons. The van der Waals surface area contributed by atoms with Gasteiger partial charge in [0.2, 0.25) is 5.91 Å². The van der Waals surface area contributed by atoms with Gasteiger partial charge in [-0.25, -0.2) is 4.39 Å². The van der Waals surface area contributed by atoms with Crippen molar-refractivity contribution in [2.75, 3.05) is 11.9 Å². The van der Waals surface area contributed by atoms with Gasteiger partial charge in [0.05, 0.1) is 24.8 Å². The minimum atomic E-state index is -1.06. The van der Waals surface area contributed by atoms with E-state index in [1.54, 1.807) is 24.3 Å². The Labute approximate surface area is 134 Å². The van der Waals surface area contributed by atoms with Crippen molar-refractivity contribution in [3.8, 4) is 5.75 Å². The van der Waals surface area contributed by atoms with Crippen LogP contribution in [-0.2, 0) is 4.79 Å². The van der Waals surface area contributed by atoms with Gasteiger partial charge < -0.3 is 15.2 Å². The third-order valence-electron chi connectivity index (χ3n) is 3.24. The van der Waals surface area contributed by atoms with Crippen molar-refractivity contribution < 1.29 is 19.0 Å². The van der Waals surface area contributed by atoms with Crippen LogP contribution in [0.2, 0.25) is 0 Å². The Bertz CT molecular complexity index is 660. The van der Waals surface area contributed by atoms with Gasteiger partial charge in [-0.2, -0.15) is 0 Å². The SMILES string of the molecule is CCCOc1ccccc1NC(=O)CC(O)c1cccc(F)c1. The Hall–Kier alpha value is -2.40. The summed E-state index contributed by atoms with van der Waals surface area (Å²) >= 11 is 0. The molecule has 0 bridgehead atoms. The van der Waals surface area contributed by atoms with E-state index in [1.165, 1.54) is 18.2 Å². The Morgan fingerprint density at radius 1 is 1.26 bits per heavy atom. The van der Waals surface area contributed by atoms with E-state index in [2.05, 4.69) is 5.32 Å². The molecule has 1 unspecified atom stereocenters.